The van der Waals surface area contributed by atoms with Crippen LogP contribution in [0.25, 0.3) is 15.7 Å². The summed E-state index contributed by atoms with van der Waals surface area (Å²) in [6.07, 6.45) is 1.46. The van der Waals surface area contributed by atoms with Crippen molar-refractivity contribution < 1.29 is 9.13 Å². The van der Waals surface area contributed by atoms with Crippen molar-refractivity contribution in [1.82, 2.24) is 19.8 Å². The Labute approximate surface area is 209 Å². The van der Waals surface area contributed by atoms with Crippen molar-refractivity contribution in [2.45, 2.75) is 19.4 Å². The first-order valence-electron chi connectivity index (χ1n) is 11.2. The molecule has 2 heterocycles. The molecule has 0 amide bonds. The summed E-state index contributed by atoms with van der Waals surface area (Å²) in [5.41, 5.74) is 1.66. The second kappa shape index (κ2) is 10.5. The maximum atomic E-state index is 13.6. The fourth-order valence-corrected chi connectivity index (χ4v) is 4.19. The molecule has 2 aromatic carbocycles. The third-order valence-electron chi connectivity index (χ3n) is 6.08. The van der Waals surface area contributed by atoms with E-state index in [0.717, 1.165) is 37.1 Å². The van der Waals surface area contributed by atoms with Crippen molar-refractivity contribution in [2.24, 2.45) is 0 Å². The van der Waals surface area contributed by atoms with Crippen molar-refractivity contribution in [2.75, 3.05) is 45.3 Å². The Morgan fingerprint density at radius 1 is 1.20 bits per heavy atom. The Balaban J connectivity index is 1.64. The van der Waals surface area contributed by atoms with E-state index in [1.807, 2.05) is 12.1 Å². The summed E-state index contributed by atoms with van der Waals surface area (Å²) >= 11 is 5.93. The fourth-order valence-electron chi connectivity index (χ4n) is 4.01. The number of rotatable bonds is 5. The molecule has 7 nitrogen and oxygen atoms in total. The predicted octanol–water partition coefficient (Wildman–Crippen LogP) is 4.80. The van der Waals surface area contributed by atoms with Gasteiger partial charge in [-0.25, -0.2) is 25.8 Å². The molecule has 1 aliphatic rings. The van der Waals surface area contributed by atoms with Crippen molar-refractivity contribution >= 4 is 34.0 Å². The Hall–Kier alpha value is -3.43. The van der Waals surface area contributed by atoms with Gasteiger partial charge in [0, 0.05) is 43.3 Å². The van der Waals surface area contributed by atoms with Crippen LogP contribution in [0.1, 0.15) is 19.4 Å². The molecule has 1 N–H and O–H groups in total. The molecule has 1 fully saturated rings. The number of piperazine rings is 1. The Bertz CT molecular complexity index is 1340. The van der Waals surface area contributed by atoms with Crippen LogP contribution in [0.5, 0.6) is 5.75 Å². The lowest BCUT2D eigenvalue weighted by atomic mass is 10.0. The zero-order valence-electron chi connectivity index (χ0n) is 19.9. The van der Waals surface area contributed by atoms with Crippen LogP contribution in [0.2, 0.25) is 5.02 Å². The van der Waals surface area contributed by atoms with E-state index in [4.69, 9.17) is 22.9 Å². The lowest BCUT2D eigenvalue weighted by molar-refractivity contribution is 0.0870. The SMILES string of the molecule is [C-]#[N+]CN1CCN(C(C)(C)C#Cc2cc3c(Nc4ccc(F)c(Cl)c4)ncnc3cc2OC)CC1. The summed E-state index contributed by atoms with van der Waals surface area (Å²) in [6, 6.07) is 8.14. The van der Waals surface area contributed by atoms with E-state index in [0.29, 0.717) is 29.4 Å². The number of fused-ring (bicyclic) bond motifs is 1. The quantitative estimate of drug-likeness (QED) is 0.408. The Morgan fingerprint density at radius 2 is 1.97 bits per heavy atom. The number of anilines is 2. The molecule has 180 valence electrons. The lowest BCUT2D eigenvalue weighted by Gasteiger charge is -2.40. The highest BCUT2D eigenvalue weighted by molar-refractivity contribution is 6.31. The van der Waals surface area contributed by atoms with E-state index >= 15 is 0 Å². The van der Waals surface area contributed by atoms with Crippen molar-refractivity contribution in [3.63, 3.8) is 0 Å². The topological polar surface area (TPSA) is 57.9 Å². The van der Waals surface area contributed by atoms with E-state index in [1.54, 1.807) is 13.2 Å². The number of aromatic nitrogens is 2. The van der Waals surface area contributed by atoms with Gasteiger partial charge in [-0.15, -0.1) is 0 Å². The van der Waals surface area contributed by atoms with E-state index in [-0.39, 0.29) is 10.6 Å². The van der Waals surface area contributed by atoms with Crippen LogP contribution in [-0.2, 0) is 0 Å². The number of ether oxygens (including phenoxy) is 1. The van der Waals surface area contributed by atoms with Gasteiger partial charge < -0.3 is 10.1 Å². The molecule has 0 unspecified atom stereocenters. The van der Waals surface area contributed by atoms with Gasteiger partial charge in [-0.3, -0.25) is 9.74 Å². The standard InChI is InChI=1S/C26H26ClFN6O/c1-26(2,34-11-9-33(10-12-34)17-29-3)8-7-18-13-20-23(15-24(18)35-4)30-16-31-25(20)32-19-5-6-22(28)21(27)14-19/h5-6,13-16H,9-12,17H2,1-2,4H3,(H,30,31,32). The zero-order valence-corrected chi connectivity index (χ0v) is 20.7. The minimum atomic E-state index is -0.484. The van der Waals surface area contributed by atoms with Gasteiger partial charge in [0.15, 0.2) is 0 Å². The molecular formula is C26H26ClFN6O. The van der Waals surface area contributed by atoms with Gasteiger partial charge >= 0.3 is 0 Å². The molecule has 0 bridgehead atoms. The van der Waals surface area contributed by atoms with Crippen LogP contribution in [0.3, 0.4) is 0 Å². The molecular weight excluding hydrogens is 467 g/mol. The van der Waals surface area contributed by atoms with Crippen molar-refractivity contribution in [1.29, 1.82) is 0 Å². The zero-order chi connectivity index (χ0) is 25.0. The van der Waals surface area contributed by atoms with Gasteiger partial charge in [-0.2, -0.15) is 0 Å². The highest BCUT2D eigenvalue weighted by Gasteiger charge is 2.29. The molecule has 0 aliphatic carbocycles. The van der Waals surface area contributed by atoms with Gasteiger partial charge in [-0.1, -0.05) is 23.4 Å². The molecule has 1 saturated heterocycles. The van der Waals surface area contributed by atoms with Gasteiger partial charge in [0.05, 0.1) is 28.8 Å². The second-order valence-corrected chi connectivity index (χ2v) is 9.17. The maximum Gasteiger partial charge on any atom is 0.270 e. The first kappa shape index (κ1) is 24.7. The van der Waals surface area contributed by atoms with E-state index in [2.05, 4.69) is 55.6 Å². The van der Waals surface area contributed by atoms with E-state index in [1.165, 1.54) is 18.5 Å². The predicted molar refractivity (Wildman–Crippen MR) is 136 cm³/mol. The van der Waals surface area contributed by atoms with Gasteiger partial charge in [0.1, 0.15) is 23.7 Å². The number of halogens is 2. The summed E-state index contributed by atoms with van der Waals surface area (Å²) in [5, 5.41) is 3.97. The van der Waals surface area contributed by atoms with Gasteiger partial charge in [0.2, 0.25) is 0 Å². The third-order valence-corrected chi connectivity index (χ3v) is 6.37. The van der Waals surface area contributed by atoms with Crippen LogP contribution in [-0.4, -0.2) is 65.3 Å². The number of methoxy groups -OCH3 is 1. The normalized spacial score (nSPS) is 14.7. The monoisotopic (exact) mass is 492 g/mol. The maximum absolute atomic E-state index is 13.6. The first-order chi connectivity index (χ1) is 16.8. The smallest absolute Gasteiger partial charge is 0.270 e. The largest absolute Gasteiger partial charge is 0.495 e. The van der Waals surface area contributed by atoms with Crippen LogP contribution >= 0.6 is 11.6 Å². The fraction of sp³-hybridized carbons (Fsp3) is 0.346. The lowest BCUT2D eigenvalue weighted by Crippen LogP contribution is -2.53. The highest BCUT2D eigenvalue weighted by Crippen LogP contribution is 2.30. The molecule has 1 aliphatic heterocycles. The van der Waals surface area contributed by atoms with E-state index in [9.17, 15) is 4.39 Å². The summed E-state index contributed by atoms with van der Waals surface area (Å²) < 4.78 is 19.2. The average molecular weight is 493 g/mol. The minimum Gasteiger partial charge on any atom is -0.495 e. The molecule has 35 heavy (non-hydrogen) atoms. The molecule has 3 aromatic rings. The first-order valence-corrected chi connectivity index (χ1v) is 11.6. The molecule has 0 atom stereocenters. The molecule has 4 rings (SSSR count). The van der Waals surface area contributed by atoms with Crippen LogP contribution in [0, 0.1) is 24.2 Å². The minimum absolute atomic E-state index is 0.0266. The second-order valence-electron chi connectivity index (χ2n) is 8.76. The number of hydrogen-bond donors (Lipinski definition) is 1. The highest BCUT2D eigenvalue weighted by atomic mass is 35.5. The summed E-state index contributed by atoms with van der Waals surface area (Å²) in [5.74, 6) is 7.41. The number of benzene rings is 2. The molecule has 0 spiro atoms. The number of hydrogen-bond acceptors (Lipinski definition) is 6. The van der Waals surface area contributed by atoms with Crippen LogP contribution in [0.4, 0.5) is 15.9 Å². The summed E-state index contributed by atoms with van der Waals surface area (Å²) in [6.45, 7) is 15.1. The number of nitrogens with one attached hydrogen (secondary N) is 1. The summed E-state index contributed by atoms with van der Waals surface area (Å²) in [7, 11) is 1.61. The number of nitrogens with zero attached hydrogens (tertiary/aromatic N) is 5. The van der Waals surface area contributed by atoms with Crippen molar-refractivity contribution in [3.8, 4) is 17.6 Å². The average Bonchev–Trinajstić information content (AvgIpc) is 2.85. The Kier molecular flexibility index (Phi) is 7.37. The van der Waals surface area contributed by atoms with Crippen LogP contribution < -0.4 is 10.1 Å². The molecule has 9 heteroatoms. The molecule has 0 radical (unpaired) electrons. The molecule has 0 saturated carbocycles. The summed E-state index contributed by atoms with van der Waals surface area (Å²) in [4.78, 5) is 16.7. The van der Waals surface area contributed by atoms with Crippen molar-refractivity contribution in [3.05, 3.63) is 64.5 Å². The van der Waals surface area contributed by atoms with Crippen LogP contribution in [0.15, 0.2) is 36.7 Å². The van der Waals surface area contributed by atoms with E-state index < -0.39 is 5.82 Å². The Morgan fingerprint density at radius 3 is 2.66 bits per heavy atom. The molecule has 1 aromatic heterocycles. The van der Waals surface area contributed by atoms with Gasteiger partial charge in [0.25, 0.3) is 6.67 Å². The van der Waals surface area contributed by atoms with Gasteiger partial charge in [-0.05, 0) is 38.1 Å². The third kappa shape index (κ3) is 5.63.